The van der Waals surface area contributed by atoms with E-state index in [1.165, 1.54) is 19.3 Å². The van der Waals surface area contributed by atoms with Crippen LogP contribution in [0.4, 0.5) is 0 Å². The molecule has 0 radical (unpaired) electrons. The van der Waals surface area contributed by atoms with Crippen LogP contribution >= 0.6 is 0 Å². The van der Waals surface area contributed by atoms with Crippen LogP contribution in [0.1, 0.15) is 67.7 Å². The second-order valence-electron chi connectivity index (χ2n) is 6.41. The summed E-state index contributed by atoms with van der Waals surface area (Å²) in [5.74, 6) is 1.52. The molecule has 0 rings (SSSR count). The lowest BCUT2D eigenvalue weighted by Crippen LogP contribution is -2.31. The van der Waals surface area contributed by atoms with Gasteiger partial charge in [-0.3, -0.25) is 0 Å². The van der Waals surface area contributed by atoms with Gasteiger partial charge in [0.05, 0.1) is 12.7 Å². The van der Waals surface area contributed by atoms with Crippen molar-refractivity contribution >= 4 is 0 Å². The predicted octanol–water partition coefficient (Wildman–Crippen LogP) is 4.90. The van der Waals surface area contributed by atoms with Crippen LogP contribution in [0, 0.1) is 17.3 Å². The lowest BCUT2D eigenvalue weighted by molar-refractivity contribution is -0.0150. The molecule has 0 unspecified atom stereocenters. The van der Waals surface area contributed by atoms with E-state index < -0.39 is 0 Å². The maximum Gasteiger partial charge on any atom is 0.0526 e. The fourth-order valence-corrected chi connectivity index (χ4v) is 2.67. The Balaban J connectivity index is 4.53. The quantitative estimate of drug-likeness (QED) is 0.574. The largest absolute Gasteiger partial charge is 0.378 e. The highest BCUT2D eigenvalue weighted by atomic mass is 16.5. The van der Waals surface area contributed by atoms with Crippen LogP contribution in [0.15, 0.2) is 0 Å². The number of ether oxygens (including phenoxy) is 1. The Kier molecular flexibility index (Phi) is 7.30. The third-order valence-electron chi connectivity index (χ3n) is 3.16. The van der Waals surface area contributed by atoms with E-state index in [1.807, 2.05) is 0 Å². The predicted molar refractivity (Wildman–Crippen MR) is 72.7 cm³/mol. The lowest BCUT2D eigenvalue weighted by Gasteiger charge is -2.36. The summed E-state index contributed by atoms with van der Waals surface area (Å²) >= 11 is 0. The van der Waals surface area contributed by atoms with Crippen LogP contribution in [0.5, 0.6) is 0 Å². The molecule has 1 heteroatoms. The fourth-order valence-electron chi connectivity index (χ4n) is 2.67. The van der Waals surface area contributed by atoms with Crippen molar-refractivity contribution < 1.29 is 4.74 Å². The molecule has 0 spiro atoms. The summed E-state index contributed by atoms with van der Waals surface area (Å²) in [6.07, 6.45) is 4.16. The first-order valence-corrected chi connectivity index (χ1v) is 6.93. The maximum absolute atomic E-state index is 5.90. The summed E-state index contributed by atoms with van der Waals surface area (Å²) in [7, 11) is 0. The topological polar surface area (TPSA) is 9.23 Å². The molecule has 0 aliphatic rings. The molecule has 0 fully saturated rings. The number of rotatable bonds is 8. The highest BCUT2D eigenvalue weighted by Gasteiger charge is 2.30. The summed E-state index contributed by atoms with van der Waals surface area (Å²) < 4.78 is 5.90. The SMILES string of the molecule is CCC(COC(C)C)(CC(C)C)CC(C)C. The van der Waals surface area contributed by atoms with E-state index in [2.05, 4.69) is 48.5 Å². The molecule has 0 amide bonds. The third-order valence-corrected chi connectivity index (χ3v) is 3.16. The minimum absolute atomic E-state index is 0.352. The van der Waals surface area contributed by atoms with Gasteiger partial charge < -0.3 is 4.74 Å². The van der Waals surface area contributed by atoms with Crippen molar-refractivity contribution in [3.63, 3.8) is 0 Å². The van der Waals surface area contributed by atoms with E-state index in [0.29, 0.717) is 11.5 Å². The molecule has 0 N–H and O–H groups in total. The lowest BCUT2D eigenvalue weighted by atomic mass is 9.73. The van der Waals surface area contributed by atoms with Crippen molar-refractivity contribution in [2.75, 3.05) is 6.61 Å². The molecule has 98 valence electrons. The van der Waals surface area contributed by atoms with Crippen LogP contribution in [-0.2, 0) is 4.74 Å². The molecule has 0 aromatic heterocycles. The molecule has 16 heavy (non-hydrogen) atoms. The van der Waals surface area contributed by atoms with E-state index in [1.54, 1.807) is 0 Å². The van der Waals surface area contributed by atoms with Gasteiger partial charge in [-0.1, -0.05) is 34.6 Å². The molecule has 0 saturated heterocycles. The zero-order valence-corrected chi connectivity index (χ0v) is 12.5. The Labute approximate surface area is 103 Å². The van der Waals surface area contributed by atoms with Gasteiger partial charge in [-0.25, -0.2) is 0 Å². The van der Waals surface area contributed by atoms with Crippen molar-refractivity contribution in [2.45, 2.75) is 73.8 Å². The molecular weight excluding hydrogens is 196 g/mol. The summed E-state index contributed by atoms with van der Waals surface area (Å²) in [4.78, 5) is 0. The van der Waals surface area contributed by atoms with Gasteiger partial charge in [-0.15, -0.1) is 0 Å². The second-order valence-corrected chi connectivity index (χ2v) is 6.41. The summed E-state index contributed by atoms with van der Waals surface area (Å²) in [6, 6.07) is 0. The minimum atomic E-state index is 0.352. The standard InChI is InChI=1S/C15H32O/c1-8-15(9-12(2)3,10-13(4)5)11-16-14(6)7/h12-14H,8-11H2,1-7H3. The van der Waals surface area contributed by atoms with Gasteiger partial charge in [-0.05, 0) is 50.4 Å². The molecule has 0 aliphatic carbocycles. The second kappa shape index (κ2) is 7.32. The monoisotopic (exact) mass is 228 g/mol. The highest BCUT2D eigenvalue weighted by Crippen LogP contribution is 2.37. The van der Waals surface area contributed by atoms with Crippen molar-refractivity contribution in [2.24, 2.45) is 17.3 Å². The van der Waals surface area contributed by atoms with Gasteiger partial charge in [0, 0.05) is 0 Å². The van der Waals surface area contributed by atoms with Crippen molar-refractivity contribution in [1.82, 2.24) is 0 Å². The molecule has 0 aromatic rings. The Morgan fingerprint density at radius 3 is 1.56 bits per heavy atom. The van der Waals surface area contributed by atoms with Crippen LogP contribution in [0.2, 0.25) is 0 Å². The molecule has 0 aliphatic heterocycles. The number of hydrogen-bond acceptors (Lipinski definition) is 1. The van der Waals surface area contributed by atoms with E-state index in [0.717, 1.165) is 18.4 Å². The summed E-state index contributed by atoms with van der Waals surface area (Å²) in [6.45, 7) is 16.8. The molecule has 0 aromatic carbocycles. The van der Waals surface area contributed by atoms with E-state index >= 15 is 0 Å². The first-order valence-electron chi connectivity index (χ1n) is 6.93. The Morgan fingerprint density at radius 2 is 1.31 bits per heavy atom. The molecule has 0 atom stereocenters. The summed E-state index contributed by atoms with van der Waals surface area (Å²) in [5.41, 5.74) is 0.395. The van der Waals surface area contributed by atoms with Gasteiger partial charge >= 0.3 is 0 Å². The normalized spacial score (nSPS) is 13.1. The van der Waals surface area contributed by atoms with Gasteiger partial charge in [0.1, 0.15) is 0 Å². The van der Waals surface area contributed by atoms with Crippen LogP contribution in [-0.4, -0.2) is 12.7 Å². The van der Waals surface area contributed by atoms with Gasteiger partial charge in [-0.2, -0.15) is 0 Å². The smallest absolute Gasteiger partial charge is 0.0526 e. The molecule has 0 saturated carbocycles. The first kappa shape index (κ1) is 16.0. The average molecular weight is 228 g/mol. The van der Waals surface area contributed by atoms with E-state index in [9.17, 15) is 0 Å². The Hall–Kier alpha value is -0.0400. The summed E-state index contributed by atoms with van der Waals surface area (Å²) in [5, 5.41) is 0. The van der Waals surface area contributed by atoms with Crippen LogP contribution < -0.4 is 0 Å². The minimum Gasteiger partial charge on any atom is -0.378 e. The van der Waals surface area contributed by atoms with Gasteiger partial charge in [0.25, 0.3) is 0 Å². The zero-order chi connectivity index (χ0) is 12.8. The highest BCUT2D eigenvalue weighted by molar-refractivity contribution is 4.80. The van der Waals surface area contributed by atoms with Crippen LogP contribution in [0.25, 0.3) is 0 Å². The van der Waals surface area contributed by atoms with Crippen molar-refractivity contribution in [1.29, 1.82) is 0 Å². The first-order chi connectivity index (χ1) is 7.31. The van der Waals surface area contributed by atoms with Crippen LogP contribution in [0.3, 0.4) is 0 Å². The Morgan fingerprint density at radius 1 is 0.875 bits per heavy atom. The number of hydrogen-bond donors (Lipinski definition) is 0. The molecule has 0 bridgehead atoms. The van der Waals surface area contributed by atoms with Gasteiger partial charge in [0.15, 0.2) is 0 Å². The molecular formula is C15H32O. The average Bonchev–Trinajstić information content (AvgIpc) is 2.12. The zero-order valence-electron chi connectivity index (χ0n) is 12.5. The maximum atomic E-state index is 5.90. The van der Waals surface area contributed by atoms with Crippen molar-refractivity contribution in [3.05, 3.63) is 0 Å². The molecule has 1 nitrogen and oxygen atoms in total. The van der Waals surface area contributed by atoms with Crippen molar-refractivity contribution in [3.8, 4) is 0 Å². The van der Waals surface area contributed by atoms with E-state index in [-0.39, 0.29) is 0 Å². The van der Waals surface area contributed by atoms with E-state index in [4.69, 9.17) is 4.74 Å². The fraction of sp³-hybridized carbons (Fsp3) is 1.00. The van der Waals surface area contributed by atoms with Gasteiger partial charge in [0.2, 0.25) is 0 Å². The Bertz CT molecular complexity index is 160. The molecule has 0 heterocycles. The third kappa shape index (κ3) is 6.52.